The van der Waals surface area contributed by atoms with Gasteiger partial charge in [0.25, 0.3) is 0 Å². The van der Waals surface area contributed by atoms with Gasteiger partial charge in [0.2, 0.25) is 15.9 Å². The number of carbonyl (C=O) groups excluding carboxylic acids is 1. The second kappa shape index (κ2) is 6.93. The van der Waals surface area contributed by atoms with E-state index < -0.39 is 16.1 Å². The third kappa shape index (κ3) is 7.30. The number of rotatable bonds is 7. The first-order chi connectivity index (χ1) is 7.65. The molecule has 1 atom stereocenters. The molecule has 0 unspecified atom stereocenters. The fourth-order valence-electron chi connectivity index (χ4n) is 1.15. The average molecular weight is 265 g/mol. The van der Waals surface area contributed by atoms with Crippen molar-refractivity contribution in [3.8, 4) is 0 Å². The monoisotopic (exact) mass is 265 g/mol. The van der Waals surface area contributed by atoms with Crippen molar-refractivity contribution in [2.45, 2.75) is 39.8 Å². The number of hydrogen-bond donors (Lipinski definition) is 3. The Morgan fingerprint density at radius 3 is 2.18 bits per heavy atom. The van der Waals surface area contributed by atoms with Gasteiger partial charge in [-0.15, -0.1) is 0 Å². The molecule has 0 heterocycles. The first-order valence-corrected chi connectivity index (χ1v) is 7.34. The Morgan fingerprint density at radius 2 is 1.76 bits per heavy atom. The smallest absolute Gasteiger partial charge is 0.237 e. The highest BCUT2D eigenvalue weighted by atomic mass is 32.2. The van der Waals surface area contributed by atoms with Gasteiger partial charge in [-0.25, -0.2) is 13.1 Å². The molecule has 0 aliphatic carbocycles. The average Bonchev–Trinajstić information content (AvgIpc) is 2.13. The van der Waals surface area contributed by atoms with Crippen LogP contribution in [0.5, 0.6) is 0 Å². The van der Waals surface area contributed by atoms with Crippen LogP contribution in [0, 0.1) is 5.92 Å². The van der Waals surface area contributed by atoms with Crippen LogP contribution in [0.1, 0.15) is 27.7 Å². The molecule has 6 nitrogen and oxygen atoms in total. The van der Waals surface area contributed by atoms with E-state index in [9.17, 15) is 13.2 Å². The van der Waals surface area contributed by atoms with E-state index in [1.807, 2.05) is 13.8 Å². The van der Waals surface area contributed by atoms with Crippen molar-refractivity contribution in [3.05, 3.63) is 0 Å². The molecule has 0 aromatic heterocycles. The van der Waals surface area contributed by atoms with Crippen LogP contribution < -0.4 is 15.8 Å². The highest BCUT2D eigenvalue weighted by Crippen LogP contribution is 1.97. The molecular formula is C10H23N3O3S. The predicted octanol–water partition coefficient (Wildman–Crippen LogP) is -0.586. The van der Waals surface area contributed by atoms with Gasteiger partial charge in [0.05, 0.1) is 11.8 Å². The summed E-state index contributed by atoms with van der Waals surface area (Å²) in [5.74, 6) is -0.429. The Kier molecular flexibility index (Phi) is 6.66. The summed E-state index contributed by atoms with van der Waals surface area (Å²) in [5, 5.41) is 2.51. The van der Waals surface area contributed by atoms with Crippen molar-refractivity contribution < 1.29 is 13.2 Å². The lowest BCUT2D eigenvalue weighted by molar-refractivity contribution is -0.123. The summed E-state index contributed by atoms with van der Waals surface area (Å²) >= 11 is 0. The van der Waals surface area contributed by atoms with E-state index in [0.717, 1.165) is 0 Å². The van der Waals surface area contributed by atoms with Crippen LogP contribution in [-0.2, 0) is 14.8 Å². The van der Waals surface area contributed by atoms with E-state index in [1.54, 1.807) is 13.8 Å². The molecule has 0 spiro atoms. The molecule has 0 radical (unpaired) electrons. The van der Waals surface area contributed by atoms with Crippen molar-refractivity contribution in [2.24, 2.45) is 11.7 Å². The summed E-state index contributed by atoms with van der Waals surface area (Å²) in [6, 6.07) is -0.746. The Morgan fingerprint density at radius 1 is 1.24 bits per heavy atom. The maximum atomic E-state index is 11.4. The number of nitrogens with two attached hydrogens (primary N) is 1. The number of hydrogen-bond acceptors (Lipinski definition) is 4. The van der Waals surface area contributed by atoms with Gasteiger partial charge in [-0.3, -0.25) is 4.79 Å². The van der Waals surface area contributed by atoms with Gasteiger partial charge in [0, 0.05) is 12.6 Å². The summed E-state index contributed by atoms with van der Waals surface area (Å²) in [6.45, 7) is 7.22. The first kappa shape index (κ1) is 16.3. The molecule has 17 heavy (non-hydrogen) atoms. The summed E-state index contributed by atoms with van der Waals surface area (Å²) in [5.41, 5.74) is 5.61. The number of carbonyl (C=O) groups is 1. The van der Waals surface area contributed by atoms with Crippen molar-refractivity contribution in [2.75, 3.05) is 12.3 Å². The lowest BCUT2D eigenvalue weighted by Gasteiger charge is -2.15. The van der Waals surface area contributed by atoms with Crippen molar-refractivity contribution in [1.29, 1.82) is 0 Å². The van der Waals surface area contributed by atoms with Crippen LogP contribution in [0.15, 0.2) is 0 Å². The molecule has 1 amide bonds. The fraction of sp³-hybridized carbons (Fsp3) is 0.900. The number of amides is 1. The summed E-state index contributed by atoms with van der Waals surface area (Å²) < 4.78 is 25.3. The first-order valence-electron chi connectivity index (χ1n) is 5.69. The highest BCUT2D eigenvalue weighted by Gasteiger charge is 2.18. The molecule has 0 fully saturated rings. The minimum atomic E-state index is -3.33. The lowest BCUT2D eigenvalue weighted by atomic mass is 10.1. The van der Waals surface area contributed by atoms with Gasteiger partial charge in [0.1, 0.15) is 0 Å². The SMILES string of the molecule is CC(C)NS(=O)(=O)CCNC(=O)[C@@H](N)C(C)C. The van der Waals surface area contributed by atoms with Gasteiger partial charge in [0.15, 0.2) is 0 Å². The maximum absolute atomic E-state index is 11.4. The molecule has 4 N–H and O–H groups in total. The molecule has 0 bridgehead atoms. The molecular weight excluding hydrogens is 242 g/mol. The molecule has 0 rings (SSSR count). The Labute approximate surface area is 103 Å². The third-order valence-corrected chi connectivity index (χ3v) is 3.68. The van der Waals surface area contributed by atoms with Crippen LogP contribution in [0.25, 0.3) is 0 Å². The predicted molar refractivity (Wildman–Crippen MR) is 67.9 cm³/mol. The van der Waals surface area contributed by atoms with E-state index in [2.05, 4.69) is 10.0 Å². The van der Waals surface area contributed by atoms with Gasteiger partial charge < -0.3 is 11.1 Å². The summed E-state index contributed by atoms with van der Waals surface area (Å²) in [4.78, 5) is 11.4. The molecule has 0 aromatic rings. The topological polar surface area (TPSA) is 101 Å². The molecule has 0 aliphatic rings. The maximum Gasteiger partial charge on any atom is 0.237 e. The third-order valence-electron chi connectivity index (χ3n) is 2.11. The highest BCUT2D eigenvalue weighted by molar-refractivity contribution is 7.89. The molecule has 0 saturated heterocycles. The zero-order chi connectivity index (χ0) is 13.6. The number of nitrogens with one attached hydrogen (secondary N) is 2. The quantitative estimate of drug-likeness (QED) is 0.573. The lowest BCUT2D eigenvalue weighted by Crippen LogP contribution is -2.46. The van der Waals surface area contributed by atoms with E-state index in [0.29, 0.717) is 0 Å². The van der Waals surface area contributed by atoms with Crippen LogP contribution >= 0.6 is 0 Å². The normalized spacial score (nSPS) is 14.1. The molecule has 0 saturated carbocycles. The van der Waals surface area contributed by atoms with Crippen molar-refractivity contribution in [3.63, 3.8) is 0 Å². The van der Waals surface area contributed by atoms with E-state index in [-0.39, 0.29) is 30.2 Å². The minimum Gasteiger partial charge on any atom is -0.354 e. The minimum absolute atomic E-state index is 0.0281. The van der Waals surface area contributed by atoms with Crippen LogP contribution in [0.4, 0.5) is 0 Å². The Hall–Kier alpha value is -0.660. The van der Waals surface area contributed by atoms with Gasteiger partial charge in [-0.05, 0) is 19.8 Å². The fourth-order valence-corrected chi connectivity index (χ4v) is 2.35. The van der Waals surface area contributed by atoms with Gasteiger partial charge in [-0.1, -0.05) is 13.8 Å². The molecule has 0 aromatic carbocycles. The Bertz CT molecular complexity index is 339. The molecule has 0 aliphatic heterocycles. The molecule has 102 valence electrons. The van der Waals surface area contributed by atoms with Crippen molar-refractivity contribution >= 4 is 15.9 Å². The zero-order valence-corrected chi connectivity index (χ0v) is 11.7. The molecule has 7 heteroatoms. The number of sulfonamides is 1. The second-order valence-electron chi connectivity index (χ2n) is 4.65. The summed E-state index contributed by atoms with van der Waals surface area (Å²) in [6.07, 6.45) is 0. The zero-order valence-electron chi connectivity index (χ0n) is 10.9. The summed E-state index contributed by atoms with van der Waals surface area (Å²) in [7, 11) is -3.33. The standard InChI is InChI=1S/C10H23N3O3S/c1-7(2)9(11)10(14)12-5-6-17(15,16)13-8(3)4/h7-9,13H,5-6,11H2,1-4H3,(H,12,14)/t9-/m0/s1. The van der Waals surface area contributed by atoms with Crippen LogP contribution in [0.2, 0.25) is 0 Å². The largest absolute Gasteiger partial charge is 0.354 e. The van der Waals surface area contributed by atoms with Crippen LogP contribution in [0.3, 0.4) is 0 Å². The van der Waals surface area contributed by atoms with Gasteiger partial charge in [-0.2, -0.15) is 0 Å². The van der Waals surface area contributed by atoms with E-state index in [1.165, 1.54) is 0 Å². The van der Waals surface area contributed by atoms with E-state index in [4.69, 9.17) is 5.73 Å². The Balaban J connectivity index is 4.04. The van der Waals surface area contributed by atoms with Gasteiger partial charge >= 0.3 is 0 Å². The van der Waals surface area contributed by atoms with Crippen LogP contribution in [-0.4, -0.2) is 38.7 Å². The van der Waals surface area contributed by atoms with E-state index >= 15 is 0 Å². The second-order valence-corrected chi connectivity index (χ2v) is 6.53. The van der Waals surface area contributed by atoms with Crippen molar-refractivity contribution in [1.82, 2.24) is 10.0 Å².